The molecule has 0 aliphatic carbocycles. The van der Waals surface area contributed by atoms with Gasteiger partial charge in [-0.1, -0.05) is 5.16 Å². The molecule has 0 saturated heterocycles. The van der Waals surface area contributed by atoms with E-state index < -0.39 is 0 Å². The Labute approximate surface area is 96.2 Å². The zero-order valence-corrected chi connectivity index (χ0v) is 9.57. The third-order valence-electron chi connectivity index (χ3n) is 2.02. The average molecular weight is 240 g/mol. The van der Waals surface area contributed by atoms with Crippen LogP contribution in [-0.4, -0.2) is 37.3 Å². The molecule has 2 aromatic heterocycles. The maximum Gasteiger partial charge on any atom is 0.243 e. The first-order valence-electron chi connectivity index (χ1n) is 4.75. The normalized spacial score (nSPS) is 12.9. The molecular weight excluding hydrogens is 228 g/mol. The third kappa shape index (κ3) is 2.39. The Bertz CT molecular complexity index is 427. The van der Waals surface area contributed by atoms with Gasteiger partial charge in [-0.05, 0) is 18.4 Å². The maximum absolute atomic E-state index is 5.89. The molecule has 0 spiro atoms. The molecule has 0 saturated carbocycles. The Kier molecular flexibility index (Phi) is 3.52. The molecule has 2 rings (SSSR count). The van der Waals surface area contributed by atoms with Gasteiger partial charge in [-0.25, -0.2) is 4.98 Å². The minimum Gasteiger partial charge on any atom is -0.337 e. The van der Waals surface area contributed by atoms with Gasteiger partial charge in [0.2, 0.25) is 11.7 Å². The summed E-state index contributed by atoms with van der Waals surface area (Å²) in [5.41, 5.74) is 5.89. The first-order chi connectivity index (χ1) is 7.81. The summed E-state index contributed by atoms with van der Waals surface area (Å²) >= 11 is 1.73. The molecule has 0 amide bonds. The molecule has 0 aliphatic heterocycles. The van der Waals surface area contributed by atoms with Crippen LogP contribution in [0.3, 0.4) is 0 Å². The lowest BCUT2D eigenvalue weighted by Crippen LogP contribution is -2.11. The van der Waals surface area contributed by atoms with Crippen molar-refractivity contribution in [2.75, 3.05) is 12.0 Å². The lowest BCUT2D eigenvalue weighted by Gasteiger charge is -2.03. The van der Waals surface area contributed by atoms with E-state index in [9.17, 15) is 0 Å². The van der Waals surface area contributed by atoms with E-state index in [4.69, 9.17) is 10.3 Å². The van der Waals surface area contributed by atoms with Crippen molar-refractivity contribution in [3.8, 4) is 11.6 Å². The highest BCUT2D eigenvalue weighted by molar-refractivity contribution is 7.98. The van der Waals surface area contributed by atoms with E-state index >= 15 is 0 Å². The predicted octanol–water partition coefficient (Wildman–Crippen LogP) is 0.608. The fourth-order valence-electron chi connectivity index (χ4n) is 1.16. The van der Waals surface area contributed by atoms with Gasteiger partial charge in [0.05, 0.1) is 6.04 Å². The molecule has 0 bridgehead atoms. The van der Waals surface area contributed by atoms with E-state index in [-0.39, 0.29) is 6.04 Å². The molecule has 0 aliphatic rings. The van der Waals surface area contributed by atoms with Crippen LogP contribution in [0.2, 0.25) is 0 Å². The van der Waals surface area contributed by atoms with Gasteiger partial charge in [0, 0.05) is 0 Å². The zero-order chi connectivity index (χ0) is 11.4. The van der Waals surface area contributed by atoms with E-state index in [0.29, 0.717) is 17.5 Å². The SMILES string of the molecule is CSCC[C@H](N)c1nc(-c2ncn[nH]2)no1. The first kappa shape index (κ1) is 11.1. The highest BCUT2D eigenvalue weighted by Crippen LogP contribution is 2.16. The molecule has 86 valence electrons. The molecule has 0 radical (unpaired) electrons. The van der Waals surface area contributed by atoms with Crippen molar-refractivity contribution in [2.45, 2.75) is 12.5 Å². The molecule has 7 nitrogen and oxygen atoms in total. The van der Waals surface area contributed by atoms with Crippen LogP contribution in [-0.2, 0) is 0 Å². The number of nitrogens with two attached hydrogens (primary N) is 1. The van der Waals surface area contributed by atoms with Crippen LogP contribution in [0.4, 0.5) is 0 Å². The lowest BCUT2D eigenvalue weighted by molar-refractivity contribution is 0.353. The summed E-state index contributed by atoms with van der Waals surface area (Å²) in [7, 11) is 0. The third-order valence-corrected chi connectivity index (χ3v) is 2.66. The summed E-state index contributed by atoms with van der Waals surface area (Å²) in [5, 5.41) is 10.1. The number of nitrogens with one attached hydrogen (secondary N) is 1. The largest absolute Gasteiger partial charge is 0.337 e. The molecule has 3 N–H and O–H groups in total. The second-order valence-corrected chi connectivity index (χ2v) is 4.16. The molecule has 8 heteroatoms. The fourth-order valence-corrected chi connectivity index (χ4v) is 1.65. The zero-order valence-electron chi connectivity index (χ0n) is 8.75. The van der Waals surface area contributed by atoms with Crippen LogP contribution >= 0.6 is 11.8 Å². The number of aromatic amines is 1. The van der Waals surface area contributed by atoms with Crippen LogP contribution in [0.15, 0.2) is 10.9 Å². The number of thioether (sulfide) groups is 1. The minimum absolute atomic E-state index is 0.225. The van der Waals surface area contributed by atoms with E-state index in [1.807, 2.05) is 6.26 Å². The van der Waals surface area contributed by atoms with E-state index in [1.54, 1.807) is 11.8 Å². The molecule has 16 heavy (non-hydrogen) atoms. The van der Waals surface area contributed by atoms with Crippen LogP contribution in [0.1, 0.15) is 18.4 Å². The van der Waals surface area contributed by atoms with E-state index in [1.165, 1.54) is 6.33 Å². The Hall–Kier alpha value is -1.41. The van der Waals surface area contributed by atoms with Crippen molar-refractivity contribution < 1.29 is 4.52 Å². The highest BCUT2D eigenvalue weighted by atomic mass is 32.2. The average Bonchev–Trinajstić information content (AvgIpc) is 2.94. The number of H-pyrrole nitrogens is 1. The fraction of sp³-hybridized carbons (Fsp3) is 0.500. The van der Waals surface area contributed by atoms with Crippen molar-refractivity contribution in [1.82, 2.24) is 25.3 Å². The number of hydrogen-bond donors (Lipinski definition) is 2. The van der Waals surface area contributed by atoms with Gasteiger partial charge in [0.25, 0.3) is 0 Å². The van der Waals surface area contributed by atoms with Gasteiger partial charge in [-0.2, -0.15) is 21.8 Å². The number of hydrogen-bond acceptors (Lipinski definition) is 7. The summed E-state index contributed by atoms with van der Waals surface area (Å²) in [6.07, 6.45) is 4.22. The number of nitrogens with zero attached hydrogens (tertiary/aromatic N) is 4. The molecule has 0 fully saturated rings. The molecule has 1 atom stereocenters. The summed E-state index contributed by atoms with van der Waals surface area (Å²) in [5.74, 6) is 2.25. The summed E-state index contributed by atoms with van der Waals surface area (Å²) in [6.45, 7) is 0. The van der Waals surface area contributed by atoms with Gasteiger partial charge >= 0.3 is 0 Å². The molecular formula is C8H12N6OS. The van der Waals surface area contributed by atoms with Crippen LogP contribution < -0.4 is 5.73 Å². The monoisotopic (exact) mass is 240 g/mol. The topological polar surface area (TPSA) is 107 Å². The Morgan fingerprint density at radius 3 is 3.19 bits per heavy atom. The van der Waals surface area contributed by atoms with Gasteiger partial charge in [0.1, 0.15) is 6.33 Å². The second-order valence-electron chi connectivity index (χ2n) is 3.18. The maximum atomic E-state index is 5.89. The van der Waals surface area contributed by atoms with Crippen molar-refractivity contribution >= 4 is 11.8 Å². The van der Waals surface area contributed by atoms with Gasteiger partial charge < -0.3 is 10.3 Å². The Morgan fingerprint density at radius 1 is 1.62 bits per heavy atom. The van der Waals surface area contributed by atoms with Crippen molar-refractivity contribution in [3.05, 3.63) is 12.2 Å². The van der Waals surface area contributed by atoms with Crippen LogP contribution in [0.5, 0.6) is 0 Å². The number of rotatable bonds is 5. The van der Waals surface area contributed by atoms with Crippen LogP contribution in [0, 0.1) is 0 Å². The van der Waals surface area contributed by atoms with Crippen molar-refractivity contribution in [1.29, 1.82) is 0 Å². The quantitative estimate of drug-likeness (QED) is 0.788. The Morgan fingerprint density at radius 2 is 2.50 bits per heavy atom. The smallest absolute Gasteiger partial charge is 0.243 e. The van der Waals surface area contributed by atoms with Crippen molar-refractivity contribution in [3.63, 3.8) is 0 Å². The molecule has 0 aromatic carbocycles. The summed E-state index contributed by atoms with van der Waals surface area (Å²) in [6, 6.07) is -0.225. The molecule has 0 unspecified atom stereocenters. The van der Waals surface area contributed by atoms with Gasteiger partial charge in [-0.15, -0.1) is 0 Å². The predicted molar refractivity (Wildman–Crippen MR) is 59.6 cm³/mol. The van der Waals surface area contributed by atoms with Gasteiger partial charge in [0.15, 0.2) is 5.82 Å². The Balaban J connectivity index is 2.07. The second kappa shape index (κ2) is 5.08. The molecule has 2 heterocycles. The van der Waals surface area contributed by atoms with Gasteiger partial charge in [-0.3, -0.25) is 5.10 Å². The lowest BCUT2D eigenvalue weighted by atomic mass is 10.2. The highest BCUT2D eigenvalue weighted by Gasteiger charge is 2.16. The summed E-state index contributed by atoms with van der Waals surface area (Å²) in [4.78, 5) is 8.08. The standard InChI is InChI=1S/C8H12N6OS/c1-16-3-2-5(9)8-12-7(14-15-8)6-10-4-11-13-6/h4-5H,2-3,9H2,1H3,(H,10,11,13)/t5-/m0/s1. The van der Waals surface area contributed by atoms with Crippen LogP contribution in [0.25, 0.3) is 11.6 Å². The molecule has 2 aromatic rings. The minimum atomic E-state index is -0.225. The number of aromatic nitrogens is 5. The van der Waals surface area contributed by atoms with E-state index in [0.717, 1.165) is 12.2 Å². The van der Waals surface area contributed by atoms with E-state index in [2.05, 4.69) is 25.3 Å². The van der Waals surface area contributed by atoms with Crippen molar-refractivity contribution in [2.24, 2.45) is 5.73 Å². The summed E-state index contributed by atoms with van der Waals surface area (Å²) < 4.78 is 5.06. The first-order valence-corrected chi connectivity index (χ1v) is 6.14.